The summed E-state index contributed by atoms with van der Waals surface area (Å²) in [4.78, 5) is 0. The minimum atomic E-state index is 1.06. The van der Waals surface area contributed by atoms with Crippen molar-refractivity contribution in [1.82, 2.24) is 0 Å². The first kappa shape index (κ1) is 16.7. The van der Waals surface area contributed by atoms with E-state index in [9.17, 15) is 0 Å². The lowest BCUT2D eigenvalue weighted by atomic mass is 10.0. The molecule has 0 radical (unpaired) electrons. The summed E-state index contributed by atoms with van der Waals surface area (Å²) in [5.41, 5.74) is 2.60. The number of benzene rings is 3. The maximum Gasteiger partial charge on any atom is 0.0542 e. The Morgan fingerprint density at radius 1 is 0.852 bits per heavy atom. The van der Waals surface area contributed by atoms with Crippen LogP contribution in [0.2, 0.25) is 0 Å². The first-order valence-corrected chi connectivity index (χ1v) is 11.0. The van der Waals surface area contributed by atoms with Crippen molar-refractivity contribution in [3.05, 3.63) is 78.4 Å². The Hall–Kier alpha value is -2.42. The average molecular weight is 385 g/mol. The smallest absolute Gasteiger partial charge is 0.0542 e. The van der Waals surface area contributed by atoms with Crippen molar-refractivity contribution < 1.29 is 0 Å². The minimum absolute atomic E-state index is 1.06. The molecule has 0 aliphatic carbocycles. The van der Waals surface area contributed by atoms with E-state index in [1.165, 1.54) is 51.5 Å². The van der Waals surface area contributed by atoms with Crippen molar-refractivity contribution in [3.63, 3.8) is 0 Å². The van der Waals surface area contributed by atoms with Crippen LogP contribution in [0.15, 0.2) is 72.8 Å². The van der Waals surface area contributed by atoms with Gasteiger partial charge in [-0.1, -0.05) is 61.5 Å². The largest absolute Gasteiger partial charge is 0.134 e. The molecule has 0 nitrogen and oxygen atoms in total. The predicted molar refractivity (Wildman–Crippen MR) is 125 cm³/mol. The van der Waals surface area contributed by atoms with E-state index in [0.29, 0.717) is 0 Å². The van der Waals surface area contributed by atoms with Gasteiger partial charge in [0.1, 0.15) is 0 Å². The minimum Gasteiger partial charge on any atom is -0.134 e. The highest BCUT2D eigenvalue weighted by Crippen LogP contribution is 2.45. The van der Waals surface area contributed by atoms with Crippen molar-refractivity contribution >= 4 is 68.6 Å². The van der Waals surface area contributed by atoms with Gasteiger partial charge >= 0.3 is 0 Å². The highest BCUT2D eigenvalue weighted by Gasteiger charge is 2.13. The van der Waals surface area contributed by atoms with E-state index in [1.807, 2.05) is 22.7 Å². The highest BCUT2D eigenvalue weighted by atomic mass is 32.1. The Morgan fingerprint density at radius 3 is 2.30 bits per heavy atom. The standard InChI is InChI=1S/C25H20S2/c1-3-5-8-16(4-2)19-11-12-20-22(15-19)26-25-21-13-17-9-6-7-10-18(17)14-23(21)27-24(20)25/h4-15H,3H2,1-2H3/b8-5-,16-4+. The van der Waals surface area contributed by atoms with Crippen LogP contribution < -0.4 is 0 Å². The Balaban J connectivity index is 1.74. The zero-order valence-electron chi connectivity index (χ0n) is 15.5. The Kier molecular flexibility index (Phi) is 4.11. The fourth-order valence-electron chi connectivity index (χ4n) is 3.73. The summed E-state index contributed by atoms with van der Waals surface area (Å²) < 4.78 is 5.63. The first-order chi connectivity index (χ1) is 13.3. The second kappa shape index (κ2) is 6.63. The molecule has 27 heavy (non-hydrogen) atoms. The highest BCUT2D eigenvalue weighted by molar-refractivity contribution is 7.36. The SMILES string of the molecule is C/C=C(\C=C/CC)c1ccc2c(c1)sc1c3cc4ccccc4cc3sc21. The lowest BCUT2D eigenvalue weighted by molar-refractivity contribution is 1.22. The van der Waals surface area contributed by atoms with E-state index in [-0.39, 0.29) is 0 Å². The number of rotatable bonds is 3. The van der Waals surface area contributed by atoms with Gasteiger partial charge < -0.3 is 0 Å². The Labute approximate surface area is 167 Å². The summed E-state index contributed by atoms with van der Waals surface area (Å²) in [7, 11) is 0. The molecular formula is C25H20S2. The predicted octanol–water partition coefficient (Wildman–Crippen LogP) is 8.79. The van der Waals surface area contributed by atoms with Crippen molar-refractivity contribution in [1.29, 1.82) is 0 Å². The lowest BCUT2D eigenvalue weighted by Crippen LogP contribution is -1.79. The maximum absolute atomic E-state index is 2.36. The van der Waals surface area contributed by atoms with E-state index in [4.69, 9.17) is 0 Å². The van der Waals surface area contributed by atoms with Gasteiger partial charge in [-0.3, -0.25) is 0 Å². The van der Waals surface area contributed by atoms with E-state index in [0.717, 1.165) is 6.42 Å². The van der Waals surface area contributed by atoms with E-state index in [1.54, 1.807) is 0 Å². The van der Waals surface area contributed by atoms with E-state index >= 15 is 0 Å². The summed E-state index contributed by atoms with van der Waals surface area (Å²) in [5.74, 6) is 0. The Morgan fingerprint density at radius 2 is 1.56 bits per heavy atom. The van der Waals surface area contributed by atoms with E-state index in [2.05, 4.69) is 86.7 Å². The van der Waals surface area contributed by atoms with Gasteiger partial charge in [0.15, 0.2) is 0 Å². The maximum atomic E-state index is 2.36. The third kappa shape index (κ3) is 2.72. The number of hydrogen-bond donors (Lipinski definition) is 0. The number of thiophene rings is 2. The zero-order valence-corrected chi connectivity index (χ0v) is 17.1. The molecule has 0 amide bonds. The molecule has 0 saturated heterocycles. The van der Waals surface area contributed by atoms with Crippen LogP contribution in [0.25, 0.3) is 45.9 Å². The lowest BCUT2D eigenvalue weighted by Gasteiger charge is -2.02. The molecule has 3 aromatic carbocycles. The molecule has 0 aliphatic rings. The van der Waals surface area contributed by atoms with E-state index < -0.39 is 0 Å². The van der Waals surface area contributed by atoms with Crippen LogP contribution in [0.4, 0.5) is 0 Å². The third-order valence-electron chi connectivity index (χ3n) is 5.13. The first-order valence-electron chi connectivity index (χ1n) is 9.39. The number of allylic oxidation sites excluding steroid dienone is 4. The fraction of sp³-hybridized carbons (Fsp3) is 0.120. The summed E-state index contributed by atoms with van der Waals surface area (Å²) >= 11 is 3.86. The molecule has 0 N–H and O–H groups in total. The molecule has 0 unspecified atom stereocenters. The van der Waals surface area contributed by atoms with Gasteiger partial charge in [0, 0.05) is 20.2 Å². The Bertz CT molecular complexity index is 1360. The fourth-order valence-corrected chi connectivity index (χ4v) is 6.44. The molecule has 0 aliphatic heterocycles. The molecule has 0 atom stereocenters. The topological polar surface area (TPSA) is 0 Å². The molecule has 0 fully saturated rings. The molecule has 0 saturated carbocycles. The van der Waals surface area contributed by atoms with Crippen LogP contribution in [0, 0.1) is 0 Å². The molecule has 2 heteroatoms. The average Bonchev–Trinajstić information content (AvgIpc) is 3.22. The van der Waals surface area contributed by atoms with Crippen LogP contribution >= 0.6 is 22.7 Å². The second-order valence-corrected chi connectivity index (χ2v) is 8.93. The molecule has 132 valence electrons. The van der Waals surface area contributed by atoms with Crippen molar-refractivity contribution in [2.75, 3.05) is 0 Å². The van der Waals surface area contributed by atoms with Gasteiger partial charge in [-0.05, 0) is 53.5 Å². The van der Waals surface area contributed by atoms with Gasteiger partial charge in [-0.15, -0.1) is 22.7 Å². The van der Waals surface area contributed by atoms with Crippen molar-refractivity contribution in [3.8, 4) is 0 Å². The van der Waals surface area contributed by atoms with Crippen molar-refractivity contribution in [2.24, 2.45) is 0 Å². The van der Waals surface area contributed by atoms with Gasteiger partial charge in [0.2, 0.25) is 0 Å². The van der Waals surface area contributed by atoms with Crippen LogP contribution in [-0.2, 0) is 0 Å². The van der Waals surface area contributed by atoms with Gasteiger partial charge in [0.05, 0.1) is 9.40 Å². The molecule has 5 aromatic rings. The second-order valence-electron chi connectivity index (χ2n) is 6.82. The molecule has 0 bridgehead atoms. The summed E-state index contributed by atoms with van der Waals surface area (Å²) in [6.07, 6.45) is 7.73. The van der Waals surface area contributed by atoms with Crippen LogP contribution in [0.3, 0.4) is 0 Å². The van der Waals surface area contributed by atoms with Gasteiger partial charge in [-0.25, -0.2) is 0 Å². The third-order valence-corrected chi connectivity index (χ3v) is 7.63. The summed E-state index contributed by atoms with van der Waals surface area (Å²) in [6, 6.07) is 20.3. The number of fused-ring (bicyclic) bond motifs is 6. The molecule has 2 aromatic heterocycles. The molecular weight excluding hydrogens is 364 g/mol. The van der Waals surface area contributed by atoms with Crippen LogP contribution in [0.5, 0.6) is 0 Å². The number of hydrogen-bond acceptors (Lipinski definition) is 2. The zero-order chi connectivity index (χ0) is 18.4. The van der Waals surface area contributed by atoms with Crippen LogP contribution in [0.1, 0.15) is 25.8 Å². The molecule has 2 heterocycles. The van der Waals surface area contributed by atoms with Gasteiger partial charge in [-0.2, -0.15) is 0 Å². The summed E-state index contributed by atoms with van der Waals surface area (Å²) in [5, 5.41) is 5.43. The van der Waals surface area contributed by atoms with Crippen LogP contribution in [-0.4, -0.2) is 0 Å². The molecule has 5 rings (SSSR count). The normalized spacial score (nSPS) is 13.0. The quantitative estimate of drug-likeness (QED) is 0.273. The van der Waals surface area contributed by atoms with Gasteiger partial charge in [0.25, 0.3) is 0 Å². The monoisotopic (exact) mass is 384 g/mol. The molecule has 0 spiro atoms. The van der Waals surface area contributed by atoms with Crippen molar-refractivity contribution in [2.45, 2.75) is 20.3 Å². The summed E-state index contributed by atoms with van der Waals surface area (Å²) in [6.45, 7) is 4.29.